The van der Waals surface area contributed by atoms with Crippen molar-refractivity contribution >= 4 is 28.5 Å². The van der Waals surface area contributed by atoms with Crippen molar-refractivity contribution in [1.29, 1.82) is 0 Å². The molecule has 3 aliphatic heterocycles. The topological polar surface area (TPSA) is 110 Å². The molecule has 2 atom stereocenters. The molecule has 1 aromatic carbocycles. The number of amides is 2. The second-order valence-corrected chi connectivity index (χ2v) is 12.7. The van der Waals surface area contributed by atoms with Crippen LogP contribution in [0.4, 0.5) is 10.1 Å². The summed E-state index contributed by atoms with van der Waals surface area (Å²) in [4.78, 5) is 53.7. The molecule has 10 nitrogen and oxygen atoms in total. The standard InChI is InChI=1S/C35H35FN6O4/c1-7-25(43)40-15-22-16-46-32-31(41(22)14-20(40)6)23-12-24(36)29(26-18(4)8-9-21-13-38-34(44)27(21)26)39-33(23)42(35(32)45)30-19(5)10-11-37-28(30)17(2)3/h7-12,17,20,22H,1,13-16H2,2-6H3,(H,38,44). The molecule has 6 heterocycles. The summed E-state index contributed by atoms with van der Waals surface area (Å²) in [6.45, 7) is 14.6. The molecular weight excluding hydrogens is 587 g/mol. The molecule has 46 heavy (non-hydrogen) atoms. The Bertz CT molecular complexity index is 2050. The lowest BCUT2D eigenvalue weighted by Gasteiger charge is -2.48. The molecule has 1 fully saturated rings. The van der Waals surface area contributed by atoms with Gasteiger partial charge in [-0.3, -0.25) is 23.9 Å². The van der Waals surface area contributed by atoms with Gasteiger partial charge in [0.2, 0.25) is 11.7 Å². The van der Waals surface area contributed by atoms with Crippen molar-refractivity contribution in [2.75, 3.05) is 24.6 Å². The molecule has 1 N–H and O–H groups in total. The Balaban J connectivity index is 1.57. The number of halogens is 1. The molecule has 3 aliphatic rings. The van der Waals surface area contributed by atoms with Gasteiger partial charge in [0.15, 0.2) is 5.65 Å². The fourth-order valence-electron chi connectivity index (χ4n) is 7.11. The minimum Gasteiger partial charge on any atom is -0.484 e. The molecule has 236 valence electrons. The van der Waals surface area contributed by atoms with Crippen LogP contribution in [0.5, 0.6) is 5.75 Å². The molecule has 3 aromatic heterocycles. The number of nitrogens with zero attached hydrogens (tertiary/aromatic N) is 5. The zero-order chi connectivity index (χ0) is 32.6. The molecule has 0 bridgehead atoms. The van der Waals surface area contributed by atoms with Gasteiger partial charge in [0.05, 0.1) is 28.7 Å². The van der Waals surface area contributed by atoms with Gasteiger partial charge < -0.3 is 19.9 Å². The van der Waals surface area contributed by atoms with Crippen molar-refractivity contribution in [3.05, 3.63) is 87.2 Å². The van der Waals surface area contributed by atoms with Crippen molar-refractivity contribution in [3.8, 4) is 22.7 Å². The van der Waals surface area contributed by atoms with E-state index in [1.165, 1.54) is 16.7 Å². The van der Waals surface area contributed by atoms with E-state index in [1.807, 2.05) is 57.7 Å². The maximum atomic E-state index is 16.6. The number of benzene rings is 1. The molecule has 7 rings (SSSR count). The van der Waals surface area contributed by atoms with Crippen molar-refractivity contribution in [3.63, 3.8) is 0 Å². The first-order valence-corrected chi connectivity index (χ1v) is 15.5. The van der Waals surface area contributed by atoms with Gasteiger partial charge in [-0.2, -0.15) is 0 Å². The Morgan fingerprint density at radius 3 is 2.65 bits per heavy atom. The molecule has 0 radical (unpaired) electrons. The quantitative estimate of drug-likeness (QED) is 0.333. The van der Waals surface area contributed by atoms with E-state index in [1.54, 1.807) is 11.1 Å². The van der Waals surface area contributed by atoms with Crippen LogP contribution in [0.1, 0.15) is 59.4 Å². The van der Waals surface area contributed by atoms with Crippen LogP contribution in [0, 0.1) is 19.7 Å². The summed E-state index contributed by atoms with van der Waals surface area (Å²) >= 11 is 0. The molecule has 4 aromatic rings. The first-order chi connectivity index (χ1) is 22.0. The van der Waals surface area contributed by atoms with Crippen LogP contribution >= 0.6 is 0 Å². The summed E-state index contributed by atoms with van der Waals surface area (Å²) in [5.41, 5.74) is 4.51. The van der Waals surface area contributed by atoms with Crippen molar-refractivity contribution in [1.82, 2.24) is 24.8 Å². The highest BCUT2D eigenvalue weighted by molar-refractivity contribution is 6.05. The van der Waals surface area contributed by atoms with E-state index in [0.29, 0.717) is 58.8 Å². The number of piperazine rings is 1. The Labute approximate surface area is 265 Å². The number of aryl methyl sites for hydroxylation is 2. The fourth-order valence-corrected chi connectivity index (χ4v) is 7.11. The van der Waals surface area contributed by atoms with Gasteiger partial charge in [-0.15, -0.1) is 0 Å². The summed E-state index contributed by atoms with van der Waals surface area (Å²) in [5, 5.41) is 3.23. The predicted molar refractivity (Wildman–Crippen MR) is 173 cm³/mol. The molecule has 1 saturated heterocycles. The number of nitrogens with one attached hydrogen (secondary N) is 1. The first kappa shape index (κ1) is 29.6. The third kappa shape index (κ3) is 4.32. The lowest BCUT2D eigenvalue weighted by molar-refractivity contribution is -0.129. The normalized spacial score (nSPS) is 18.6. The summed E-state index contributed by atoms with van der Waals surface area (Å²) in [5.74, 6) is -1.04. The van der Waals surface area contributed by atoms with Crippen LogP contribution in [0.25, 0.3) is 28.0 Å². The highest BCUT2D eigenvalue weighted by atomic mass is 19.1. The van der Waals surface area contributed by atoms with Crippen LogP contribution in [-0.4, -0.2) is 63.0 Å². The zero-order valence-electron chi connectivity index (χ0n) is 26.5. The number of hydrogen-bond acceptors (Lipinski definition) is 7. The van der Waals surface area contributed by atoms with Crippen LogP contribution in [-0.2, 0) is 11.3 Å². The average Bonchev–Trinajstić information content (AvgIpc) is 3.41. The Hall–Kier alpha value is -5.06. The molecule has 11 heteroatoms. The average molecular weight is 623 g/mol. The van der Waals surface area contributed by atoms with Crippen molar-refractivity contribution in [2.45, 2.75) is 59.2 Å². The Kier molecular flexibility index (Phi) is 6.95. The predicted octanol–water partition coefficient (Wildman–Crippen LogP) is 4.55. The maximum Gasteiger partial charge on any atom is 0.301 e. The number of ether oxygens (including phenoxy) is 1. The highest BCUT2D eigenvalue weighted by Gasteiger charge is 2.41. The third-order valence-corrected chi connectivity index (χ3v) is 9.37. The molecule has 0 spiro atoms. The minimum atomic E-state index is -0.626. The largest absolute Gasteiger partial charge is 0.484 e. The number of anilines is 1. The zero-order valence-corrected chi connectivity index (χ0v) is 26.5. The van der Waals surface area contributed by atoms with Gasteiger partial charge >= 0.3 is 5.56 Å². The smallest absolute Gasteiger partial charge is 0.301 e. The van der Waals surface area contributed by atoms with Crippen molar-refractivity contribution in [2.24, 2.45) is 0 Å². The van der Waals surface area contributed by atoms with Crippen LogP contribution < -0.4 is 20.5 Å². The minimum absolute atomic E-state index is 0.0114. The van der Waals surface area contributed by atoms with Crippen molar-refractivity contribution < 1.29 is 18.7 Å². The summed E-state index contributed by atoms with van der Waals surface area (Å²) in [7, 11) is 0. The Morgan fingerprint density at radius 1 is 1.13 bits per heavy atom. The second kappa shape index (κ2) is 10.8. The first-order valence-electron chi connectivity index (χ1n) is 15.5. The van der Waals surface area contributed by atoms with Crippen LogP contribution in [0.3, 0.4) is 0 Å². The number of pyridine rings is 3. The van der Waals surface area contributed by atoms with E-state index in [0.717, 1.165) is 11.1 Å². The number of rotatable bonds is 4. The lowest BCUT2D eigenvalue weighted by atomic mass is 9.94. The van der Waals surface area contributed by atoms with Gasteiger partial charge in [-0.05, 0) is 61.6 Å². The molecule has 2 amide bonds. The van der Waals surface area contributed by atoms with Gasteiger partial charge in [0.25, 0.3) is 5.91 Å². The Morgan fingerprint density at radius 2 is 1.91 bits per heavy atom. The van der Waals surface area contributed by atoms with E-state index in [-0.39, 0.29) is 53.5 Å². The number of aromatic nitrogens is 3. The maximum absolute atomic E-state index is 16.6. The molecule has 0 saturated carbocycles. The van der Waals surface area contributed by atoms with E-state index in [2.05, 4.69) is 16.9 Å². The summed E-state index contributed by atoms with van der Waals surface area (Å²) < 4.78 is 24.3. The molecule has 2 unspecified atom stereocenters. The fraction of sp³-hybridized carbons (Fsp3) is 0.343. The summed E-state index contributed by atoms with van der Waals surface area (Å²) in [6.07, 6.45) is 3.00. The summed E-state index contributed by atoms with van der Waals surface area (Å²) in [6, 6.07) is 6.46. The van der Waals surface area contributed by atoms with Crippen LogP contribution in [0.2, 0.25) is 0 Å². The molecular formula is C35H35FN6O4. The van der Waals surface area contributed by atoms with E-state index in [9.17, 15) is 14.4 Å². The number of fused-ring (bicyclic) bond motifs is 6. The van der Waals surface area contributed by atoms with Crippen LogP contribution in [0.15, 0.2) is 47.9 Å². The second-order valence-electron chi connectivity index (χ2n) is 12.7. The number of carbonyl (C=O) groups excluding carboxylic acids is 2. The van der Waals surface area contributed by atoms with Gasteiger partial charge in [0.1, 0.15) is 18.1 Å². The van der Waals surface area contributed by atoms with Gasteiger partial charge in [0, 0.05) is 42.8 Å². The molecule has 0 aliphatic carbocycles. The number of hydrogen-bond donors (Lipinski definition) is 1. The van der Waals surface area contributed by atoms with Gasteiger partial charge in [-0.25, -0.2) is 9.37 Å². The van der Waals surface area contributed by atoms with E-state index < -0.39 is 11.4 Å². The van der Waals surface area contributed by atoms with Gasteiger partial charge in [-0.1, -0.05) is 32.6 Å². The number of carbonyl (C=O) groups is 2. The lowest BCUT2D eigenvalue weighted by Crippen LogP contribution is -2.62. The third-order valence-electron chi connectivity index (χ3n) is 9.37. The monoisotopic (exact) mass is 622 g/mol. The SMILES string of the molecule is C=CC(=O)N1CC2COc3c(c4cc(F)c(-c5c(C)ccc6c5C(=O)NC6)nc4n(-c4c(C)ccnc4C(C)C)c3=O)N2CC1C. The highest BCUT2D eigenvalue weighted by Crippen LogP contribution is 2.43. The van der Waals surface area contributed by atoms with E-state index in [4.69, 9.17) is 9.72 Å². The van der Waals surface area contributed by atoms with E-state index >= 15 is 4.39 Å².